The summed E-state index contributed by atoms with van der Waals surface area (Å²) in [6, 6.07) is 0. The predicted octanol–water partition coefficient (Wildman–Crippen LogP) is 1.31. The second-order valence-electron chi connectivity index (χ2n) is 5.37. The lowest BCUT2D eigenvalue weighted by Gasteiger charge is -2.33. The molecular weight excluding hydrogens is 278 g/mol. The van der Waals surface area contributed by atoms with Crippen LogP contribution in [0.5, 0.6) is 0 Å². The van der Waals surface area contributed by atoms with Crippen LogP contribution in [-0.2, 0) is 19.1 Å². The van der Waals surface area contributed by atoms with Crippen LogP contribution in [0.3, 0.4) is 0 Å². The van der Waals surface area contributed by atoms with E-state index in [1.54, 1.807) is 0 Å². The Labute approximate surface area is 124 Å². The van der Waals surface area contributed by atoms with Crippen molar-refractivity contribution in [2.75, 3.05) is 38.3 Å². The van der Waals surface area contributed by atoms with E-state index in [4.69, 9.17) is 4.74 Å². The smallest absolute Gasteiger partial charge is 0.308 e. The molecular formula is C14H23NO4S. The molecule has 5 nitrogen and oxygen atoms in total. The first-order chi connectivity index (χ1) is 9.69. The van der Waals surface area contributed by atoms with E-state index >= 15 is 0 Å². The molecule has 0 aromatic carbocycles. The zero-order valence-corrected chi connectivity index (χ0v) is 12.8. The van der Waals surface area contributed by atoms with Gasteiger partial charge in [0.05, 0.1) is 26.2 Å². The third-order valence-corrected chi connectivity index (χ3v) is 4.97. The Morgan fingerprint density at radius 3 is 2.75 bits per heavy atom. The van der Waals surface area contributed by atoms with Crippen LogP contribution < -0.4 is 0 Å². The van der Waals surface area contributed by atoms with Crippen molar-refractivity contribution in [3.05, 3.63) is 0 Å². The topological polar surface area (TPSA) is 55.8 Å². The molecule has 6 heteroatoms. The standard InChI is InChI=1S/C14H23NO4S/c1-18-14(17)9-12-10-15(4-5-19-12)13(16)8-11-2-6-20-7-3-11/h11-12H,2-10H2,1H3. The van der Waals surface area contributed by atoms with Crippen molar-refractivity contribution < 1.29 is 19.1 Å². The van der Waals surface area contributed by atoms with Crippen molar-refractivity contribution in [3.63, 3.8) is 0 Å². The van der Waals surface area contributed by atoms with Crippen LogP contribution in [0.2, 0.25) is 0 Å². The Balaban J connectivity index is 1.78. The monoisotopic (exact) mass is 301 g/mol. The zero-order valence-electron chi connectivity index (χ0n) is 12.0. The molecule has 114 valence electrons. The lowest BCUT2D eigenvalue weighted by molar-refractivity contribution is -0.150. The molecule has 0 aromatic heterocycles. The highest BCUT2D eigenvalue weighted by molar-refractivity contribution is 7.99. The van der Waals surface area contributed by atoms with E-state index in [-0.39, 0.29) is 24.4 Å². The Bertz CT molecular complexity index is 344. The van der Waals surface area contributed by atoms with Crippen LogP contribution in [-0.4, -0.2) is 61.2 Å². The fourth-order valence-corrected chi connectivity index (χ4v) is 3.87. The second-order valence-corrected chi connectivity index (χ2v) is 6.60. The molecule has 1 atom stereocenters. The number of thioether (sulfide) groups is 1. The molecule has 0 aliphatic carbocycles. The van der Waals surface area contributed by atoms with Crippen molar-refractivity contribution >= 4 is 23.6 Å². The van der Waals surface area contributed by atoms with Gasteiger partial charge < -0.3 is 14.4 Å². The van der Waals surface area contributed by atoms with Gasteiger partial charge in [-0.3, -0.25) is 9.59 Å². The Morgan fingerprint density at radius 2 is 2.05 bits per heavy atom. The minimum Gasteiger partial charge on any atom is -0.469 e. The number of hydrogen-bond acceptors (Lipinski definition) is 5. The van der Waals surface area contributed by atoms with Crippen LogP contribution in [0.15, 0.2) is 0 Å². The number of esters is 1. The minimum absolute atomic E-state index is 0.208. The van der Waals surface area contributed by atoms with Crippen molar-refractivity contribution in [2.45, 2.75) is 31.8 Å². The van der Waals surface area contributed by atoms with E-state index in [2.05, 4.69) is 4.74 Å². The maximum Gasteiger partial charge on any atom is 0.308 e. The van der Waals surface area contributed by atoms with Crippen LogP contribution in [0.25, 0.3) is 0 Å². The van der Waals surface area contributed by atoms with Crippen LogP contribution >= 0.6 is 11.8 Å². The number of carbonyl (C=O) groups is 2. The Morgan fingerprint density at radius 1 is 1.30 bits per heavy atom. The lowest BCUT2D eigenvalue weighted by atomic mass is 9.98. The van der Waals surface area contributed by atoms with Crippen LogP contribution in [0, 0.1) is 5.92 Å². The summed E-state index contributed by atoms with van der Waals surface area (Å²) in [6.45, 7) is 1.65. The summed E-state index contributed by atoms with van der Waals surface area (Å²) in [5.41, 5.74) is 0. The van der Waals surface area contributed by atoms with E-state index in [1.807, 2.05) is 16.7 Å². The molecule has 1 amide bonds. The first-order valence-corrected chi connectivity index (χ1v) is 8.38. The normalized spacial score (nSPS) is 24.4. The molecule has 2 rings (SSSR count). The molecule has 2 heterocycles. The highest BCUT2D eigenvalue weighted by Gasteiger charge is 2.28. The number of amides is 1. The van der Waals surface area contributed by atoms with Gasteiger partial charge in [0.2, 0.25) is 5.91 Å². The molecule has 1 unspecified atom stereocenters. The van der Waals surface area contributed by atoms with Gasteiger partial charge in [0, 0.05) is 19.5 Å². The summed E-state index contributed by atoms with van der Waals surface area (Å²) < 4.78 is 10.2. The van der Waals surface area contributed by atoms with Gasteiger partial charge in [-0.15, -0.1) is 0 Å². The van der Waals surface area contributed by atoms with Crippen molar-refractivity contribution in [3.8, 4) is 0 Å². The maximum atomic E-state index is 12.3. The van der Waals surface area contributed by atoms with Gasteiger partial charge in [0.15, 0.2) is 0 Å². The van der Waals surface area contributed by atoms with Crippen molar-refractivity contribution in [2.24, 2.45) is 5.92 Å². The van der Waals surface area contributed by atoms with Gasteiger partial charge in [0.1, 0.15) is 0 Å². The van der Waals surface area contributed by atoms with Gasteiger partial charge in [-0.25, -0.2) is 0 Å². The number of nitrogens with zero attached hydrogens (tertiary/aromatic N) is 1. The first-order valence-electron chi connectivity index (χ1n) is 7.23. The Kier molecular flexibility index (Phi) is 6.16. The Hall–Kier alpha value is -0.750. The number of ether oxygens (including phenoxy) is 2. The van der Waals surface area contributed by atoms with Crippen molar-refractivity contribution in [1.82, 2.24) is 4.90 Å². The summed E-state index contributed by atoms with van der Waals surface area (Å²) in [7, 11) is 1.37. The summed E-state index contributed by atoms with van der Waals surface area (Å²) in [5, 5.41) is 0. The van der Waals surface area contributed by atoms with Crippen LogP contribution in [0.4, 0.5) is 0 Å². The number of morpholine rings is 1. The van der Waals surface area contributed by atoms with E-state index < -0.39 is 0 Å². The van der Waals surface area contributed by atoms with Crippen LogP contribution in [0.1, 0.15) is 25.7 Å². The highest BCUT2D eigenvalue weighted by atomic mass is 32.2. The largest absolute Gasteiger partial charge is 0.469 e. The molecule has 20 heavy (non-hydrogen) atoms. The summed E-state index contributed by atoms with van der Waals surface area (Å²) in [6.07, 6.45) is 2.94. The summed E-state index contributed by atoms with van der Waals surface area (Å²) in [5.74, 6) is 2.80. The third kappa shape index (κ3) is 4.66. The molecule has 0 bridgehead atoms. The molecule has 0 aromatic rings. The molecule has 2 saturated heterocycles. The van der Waals surface area contributed by atoms with E-state index in [0.29, 0.717) is 32.0 Å². The third-order valence-electron chi connectivity index (χ3n) is 3.92. The average Bonchev–Trinajstić information content (AvgIpc) is 2.48. The number of methoxy groups -OCH3 is 1. The van der Waals surface area contributed by atoms with Gasteiger partial charge in [-0.1, -0.05) is 0 Å². The molecule has 0 N–H and O–H groups in total. The number of hydrogen-bond donors (Lipinski definition) is 0. The SMILES string of the molecule is COC(=O)CC1CN(C(=O)CC2CCSCC2)CCO1. The van der Waals surface area contributed by atoms with Gasteiger partial charge in [0.25, 0.3) is 0 Å². The highest BCUT2D eigenvalue weighted by Crippen LogP contribution is 2.26. The van der Waals surface area contributed by atoms with Gasteiger partial charge in [-0.2, -0.15) is 11.8 Å². The summed E-state index contributed by atoms with van der Waals surface area (Å²) in [4.78, 5) is 25.4. The van der Waals surface area contributed by atoms with E-state index in [1.165, 1.54) is 18.6 Å². The fourth-order valence-electron chi connectivity index (χ4n) is 2.67. The van der Waals surface area contributed by atoms with Gasteiger partial charge >= 0.3 is 5.97 Å². The first kappa shape index (κ1) is 15.6. The summed E-state index contributed by atoms with van der Waals surface area (Å²) >= 11 is 1.97. The molecule has 2 fully saturated rings. The van der Waals surface area contributed by atoms with E-state index in [9.17, 15) is 9.59 Å². The molecule has 0 saturated carbocycles. The number of rotatable bonds is 4. The van der Waals surface area contributed by atoms with Gasteiger partial charge in [-0.05, 0) is 30.3 Å². The van der Waals surface area contributed by atoms with E-state index in [0.717, 1.165) is 12.8 Å². The lowest BCUT2D eigenvalue weighted by Crippen LogP contribution is -2.46. The predicted molar refractivity (Wildman–Crippen MR) is 77.6 cm³/mol. The number of carbonyl (C=O) groups excluding carboxylic acids is 2. The molecule has 2 aliphatic rings. The molecule has 2 aliphatic heterocycles. The minimum atomic E-state index is -0.284. The maximum absolute atomic E-state index is 12.3. The van der Waals surface area contributed by atoms with Crippen molar-refractivity contribution in [1.29, 1.82) is 0 Å². The second kappa shape index (κ2) is 7.88. The fraction of sp³-hybridized carbons (Fsp3) is 0.857. The molecule has 0 radical (unpaired) electrons. The zero-order chi connectivity index (χ0) is 14.4. The molecule has 0 spiro atoms. The quantitative estimate of drug-likeness (QED) is 0.733. The average molecular weight is 301 g/mol.